The van der Waals surface area contributed by atoms with Crippen LogP contribution in [0.5, 0.6) is 5.75 Å². The van der Waals surface area contributed by atoms with E-state index in [-0.39, 0.29) is 0 Å². The van der Waals surface area contributed by atoms with Crippen LogP contribution in [0.4, 0.5) is 0 Å². The van der Waals surface area contributed by atoms with Crippen LogP contribution in [-0.4, -0.2) is 23.8 Å². The van der Waals surface area contributed by atoms with Crippen molar-refractivity contribution >= 4 is 11.6 Å². The van der Waals surface area contributed by atoms with Crippen LogP contribution < -0.4 is 10.1 Å². The maximum Gasteiger partial charge on any atom is 0.119 e. The zero-order valence-corrected chi connectivity index (χ0v) is 9.66. The highest BCUT2D eigenvalue weighted by Gasteiger charge is 2.09. The van der Waals surface area contributed by atoms with Crippen LogP contribution in [0, 0.1) is 0 Å². The van der Waals surface area contributed by atoms with Crippen molar-refractivity contribution in [1.29, 1.82) is 0 Å². The van der Waals surface area contributed by atoms with Gasteiger partial charge in [0, 0.05) is 6.54 Å². The maximum absolute atomic E-state index is 9.18. The number of benzene rings is 1. The summed E-state index contributed by atoms with van der Waals surface area (Å²) in [7, 11) is 1.63. The molecule has 0 bridgehead atoms. The first-order chi connectivity index (χ1) is 7.13. The Morgan fingerprint density at radius 2 is 2.27 bits per heavy atom. The van der Waals surface area contributed by atoms with Gasteiger partial charge in [-0.1, -0.05) is 12.1 Å². The highest BCUT2D eigenvalue weighted by molar-refractivity contribution is 6.20. The van der Waals surface area contributed by atoms with Gasteiger partial charge in [0.1, 0.15) is 11.3 Å². The molecule has 0 spiro atoms. The lowest BCUT2D eigenvalue weighted by molar-refractivity contribution is 0.176. The fourth-order valence-corrected chi connectivity index (χ4v) is 1.25. The number of alkyl halides is 1. The Labute approximate surface area is 95.0 Å². The summed E-state index contributed by atoms with van der Waals surface area (Å²) in [6.45, 7) is 2.26. The van der Waals surface area contributed by atoms with E-state index in [0.717, 1.165) is 11.3 Å². The summed E-state index contributed by atoms with van der Waals surface area (Å²) in [4.78, 5) is 0. The van der Waals surface area contributed by atoms with Crippen molar-refractivity contribution in [3.05, 3.63) is 29.8 Å². The van der Waals surface area contributed by atoms with Crippen molar-refractivity contribution in [2.75, 3.05) is 7.11 Å². The SMILES string of the molecule is COc1cccc(CNC(Cl)C(C)O)c1. The number of nitrogens with one attached hydrogen (secondary N) is 1. The van der Waals surface area contributed by atoms with Crippen molar-refractivity contribution in [3.8, 4) is 5.75 Å². The molecule has 1 aromatic carbocycles. The largest absolute Gasteiger partial charge is 0.497 e. The van der Waals surface area contributed by atoms with Crippen molar-refractivity contribution in [1.82, 2.24) is 5.32 Å². The Bertz CT molecular complexity index is 304. The van der Waals surface area contributed by atoms with Crippen molar-refractivity contribution in [2.45, 2.75) is 25.1 Å². The number of aliphatic hydroxyl groups is 1. The topological polar surface area (TPSA) is 41.5 Å². The molecule has 0 aliphatic heterocycles. The molecule has 2 unspecified atom stereocenters. The van der Waals surface area contributed by atoms with Crippen LogP contribution in [0.15, 0.2) is 24.3 Å². The summed E-state index contributed by atoms with van der Waals surface area (Å²) in [5.41, 5.74) is 0.636. The number of halogens is 1. The second-order valence-electron chi connectivity index (χ2n) is 3.37. The normalized spacial score (nSPS) is 14.7. The van der Waals surface area contributed by atoms with Gasteiger partial charge in [0.25, 0.3) is 0 Å². The molecule has 0 aromatic heterocycles. The molecule has 84 valence electrons. The first-order valence-corrected chi connectivity index (χ1v) is 5.25. The summed E-state index contributed by atoms with van der Waals surface area (Å²) in [6, 6.07) is 7.71. The van der Waals surface area contributed by atoms with E-state index in [1.807, 2.05) is 24.3 Å². The van der Waals surface area contributed by atoms with Gasteiger partial charge in [0.2, 0.25) is 0 Å². The van der Waals surface area contributed by atoms with Gasteiger partial charge in [0.05, 0.1) is 13.2 Å². The number of methoxy groups -OCH3 is 1. The Hall–Kier alpha value is -0.770. The van der Waals surface area contributed by atoms with Gasteiger partial charge in [-0.15, -0.1) is 11.6 Å². The minimum absolute atomic E-state index is 0.434. The summed E-state index contributed by atoms with van der Waals surface area (Å²) in [5, 5.41) is 12.2. The summed E-state index contributed by atoms with van der Waals surface area (Å²) < 4.78 is 5.10. The highest BCUT2D eigenvalue weighted by Crippen LogP contribution is 2.12. The number of ether oxygens (including phenoxy) is 1. The molecular formula is C11H16ClNO2. The number of hydrogen-bond donors (Lipinski definition) is 2. The minimum Gasteiger partial charge on any atom is -0.497 e. The fraction of sp³-hybridized carbons (Fsp3) is 0.455. The Kier molecular flexibility index (Phi) is 4.88. The Morgan fingerprint density at radius 1 is 1.53 bits per heavy atom. The summed E-state index contributed by atoms with van der Waals surface area (Å²) in [5.74, 6) is 0.817. The quantitative estimate of drug-likeness (QED) is 0.597. The van der Waals surface area contributed by atoms with Crippen LogP contribution >= 0.6 is 11.6 Å². The molecule has 0 radical (unpaired) electrons. The molecule has 2 N–H and O–H groups in total. The maximum atomic E-state index is 9.18. The van der Waals surface area contributed by atoms with E-state index < -0.39 is 11.6 Å². The number of rotatable bonds is 5. The molecule has 2 atom stereocenters. The molecule has 1 aromatic rings. The molecule has 0 amide bonds. The van der Waals surface area contributed by atoms with Crippen molar-refractivity contribution in [3.63, 3.8) is 0 Å². The van der Waals surface area contributed by atoms with E-state index >= 15 is 0 Å². The molecule has 4 heteroatoms. The van der Waals surface area contributed by atoms with E-state index in [2.05, 4.69) is 5.32 Å². The van der Waals surface area contributed by atoms with Gasteiger partial charge in [-0.25, -0.2) is 0 Å². The van der Waals surface area contributed by atoms with Crippen LogP contribution in [-0.2, 0) is 6.54 Å². The zero-order chi connectivity index (χ0) is 11.3. The van der Waals surface area contributed by atoms with E-state index in [4.69, 9.17) is 16.3 Å². The minimum atomic E-state index is -0.572. The highest BCUT2D eigenvalue weighted by atomic mass is 35.5. The molecule has 1 rings (SSSR count). The summed E-state index contributed by atoms with van der Waals surface area (Å²) in [6.07, 6.45) is -0.572. The Balaban J connectivity index is 2.50. The molecule has 15 heavy (non-hydrogen) atoms. The van der Waals surface area contributed by atoms with Crippen molar-refractivity contribution in [2.24, 2.45) is 0 Å². The molecule has 0 aliphatic carbocycles. The standard InChI is InChI=1S/C11H16ClNO2/c1-8(14)11(12)13-7-9-4-3-5-10(6-9)15-2/h3-6,8,11,13-14H,7H2,1-2H3. The van der Waals surface area contributed by atoms with Gasteiger partial charge in [-0.3, -0.25) is 5.32 Å². The number of hydrogen-bond acceptors (Lipinski definition) is 3. The Morgan fingerprint density at radius 3 is 2.87 bits per heavy atom. The molecule has 0 fully saturated rings. The first-order valence-electron chi connectivity index (χ1n) is 4.82. The average molecular weight is 230 g/mol. The van der Waals surface area contributed by atoms with E-state index in [1.54, 1.807) is 14.0 Å². The smallest absolute Gasteiger partial charge is 0.119 e. The number of aliphatic hydroxyl groups excluding tert-OH is 1. The predicted molar refractivity (Wildman–Crippen MR) is 61.2 cm³/mol. The van der Waals surface area contributed by atoms with Gasteiger partial charge in [0.15, 0.2) is 0 Å². The van der Waals surface area contributed by atoms with E-state index in [1.165, 1.54) is 0 Å². The van der Waals surface area contributed by atoms with Crippen molar-refractivity contribution < 1.29 is 9.84 Å². The molecule has 0 saturated carbocycles. The molecular weight excluding hydrogens is 214 g/mol. The van der Waals surface area contributed by atoms with Gasteiger partial charge in [-0.2, -0.15) is 0 Å². The lowest BCUT2D eigenvalue weighted by Crippen LogP contribution is -2.32. The average Bonchev–Trinajstić information content (AvgIpc) is 2.26. The van der Waals surface area contributed by atoms with Crippen LogP contribution in [0.25, 0.3) is 0 Å². The molecule has 0 heterocycles. The third kappa shape index (κ3) is 4.08. The lowest BCUT2D eigenvalue weighted by atomic mass is 10.2. The zero-order valence-electron chi connectivity index (χ0n) is 8.90. The van der Waals surface area contributed by atoms with E-state index in [9.17, 15) is 5.11 Å². The second kappa shape index (κ2) is 5.95. The van der Waals surface area contributed by atoms with Crippen LogP contribution in [0.1, 0.15) is 12.5 Å². The molecule has 0 saturated heterocycles. The van der Waals surface area contributed by atoms with Gasteiger partial charge >= 0.3 is 0 Å². The first kappa shape index (κ1) is 12.3. The monoisotopic (exact) mass is 229 g/mol. The molecule has 3 nitrogen and oxygen atoms in total. The fourth-order valence-electron chi connectivity index (χ4n) is 1.17. The van der Waals surface area contributed by atoms with Gasteiger partial charge < -0.3 is 9.84 Å². The predicted octanol–water partition coefficient (Wildman–Crippen LogP) is 1.73. The third-order valence-electron chi connectivity index (χ3n) is 2.06. The van der Waals surface area contributed by atoms with E-state index in [0.29, 0.717) is 6.54 Å². The second-order valence-corrected chi connectivity index (χ2v) is 3.84. The van der Waals surface area contributed by atoms with Gasteiger partial charge in [-0.05, 0) is 24.6 Å². The van der Waals surface area contributed by atoms with Crippen LogP contribution in [0.2, 0.25) is 0 Å². The molecule has 0 aliphatic rings. The third-order valence-corrected chi connectivity index (χ3v) is 2.58. The lowest BCUT2D eigenvalue weighted by Gasteiger charge is -2.14. The summed E-state index contributed by atoms with van der Waals surface area (Å²) >= 11 is 5.85. The van der Waals surface area contributed by atoms with Crippen LogP contribution in [0.3, 0.4) is 0 Å².